The van der Waals surface area contributed by atoms with Gasteiger partial charge in [-0.25, -0.2) is 0 Å². The van der Waals surface area contributed by atoms with Crippen LogP contribution in [0.25, 0.3) is 38.4 Å². The van der Waals surface area contributed by atoms with Gasteiger partial charge in [0.15, 0.2) is 0 Å². The van der Waals surface area contributed by atoms with E-state index in [0.29, 0.717) is 0 Å². The van der Waals surface area contributed by atoms with Crippen LogP contribution < -0.4 is 0 Å². The lowest BCUT2D eigenvalue weighted by atomic mass is 9.94. The quantitative estimate of drug-likeness (QED) is 0.275. The van der Waals surface area contributed by atoms with E-state index >= 15 is 0 Å². The molecule has 0 N–H and O–H groups in total. The summed E-state index contributed by atoms with van der Waals surface area (Å²) in [5.41, 5.74) is 9.73. The van der Waals surface area contributed by atoms with Gasteiger partial charge in [-0.05, 0) is 61.1 Å². The highest BCUT2D eigenvalue weighted by Crippen LogP contribution is 2.41. The van der Waals surface area contributed by atoms with Crippen LogP contribution in [0.5, 0.6) is 0 Å². The zero-order chi connectivity index (χ0) is 21.8. The van der Waals surface area contributed by atoms with Gasteiger partial charge in [-0.2, -0.15) is 0 Å². The van der Waals surface area contributed by atoms with E-state index in [1.807, 2.05) is 0 Å². The third-order valence-electron chi connectivity index (χ3n) is 7.37. The fraction of sp³-hybridized carbons (Fsp3) is 0.161. The summed E-state index contributed by atoms with van der Waals surface area (Å²) in [6.07, 6.45) is 4.90. The number of rotatable bonds is 3. The van der Waals surface area contributed by atoms with Gasteiger partial charge in [-0.1, -0.05) is 72.8 Å². The molecule has 0 aliphatic heterocycles. The number of nitrogens with zero attached hydrogens (tertiary/aromatic N) is 2. The summed E-state index contributed by atoms with van der Waals surface area (Å²) in [4.78, 5) is 0. The summed E-state index contributed by atoms with van der Waals surface area (Å²) in [5, 5.41) is 4.14. The molecular formula is C31H26N2. The van der Waals surface area contributed by atoms with E-state index in [4.69, 9.17) is 0 Å². The van der Waals surface area contributed by atoms with Crippen molar-refractivity contribution in [2.45, 2.75) is 32.2 Å². The van der Waals surface area contributed by atoms with E-state index < -0.39 is 0 Å². The fourth-order valence-corrected chi connectivity index (χ4v) is 5.96. The third kappa shape index (κ3) is 2.80. The molecule has 4 aromatic carbocycles. The van der Waals surface area contributed by atoms with E-state index in [2.05, 4.69) is 106 Å². The van der Waals surface area contributed by atoms with Crippen LogP contribution in [0.4, 0.5) is 0 Å². The normalized spacial score (nSPS) is 13.7. The standard InChI is InChI=1S/C31H26N2/c1-3-11-22(12-4-1)21-32-27-17-9-8-16-26(27)30-29(32)20-19-25-24-15-7-10-18-28(24)33(31(25)30)23-13-5-2-6-14-23/h1-7,10-15,18-20H,8-9,16-17,21H2. The molecule has 160 valence electrons. The average Bonchev–Trinajstić information content (AvgIpc) is 3.38. The van der Waals surface area contributed by atoms with Crippen molar-refractivity contribution in [2.24, 2.45) is 0 Å². The molecule has 2 nitrogen and oxygen atoms in total. The first-order valence-corrected chi connectivity index (χ1v) is 12.1. The number of para-hydroxylation sites is 2. The molecule has 0 amide bonds. The molecule has 0 atom stereocenters. The van der Waals surface area contributed by atoms with Gasteiger partial charge < -0.3 is 9.13 Å². The molecule has 1 aliphatic carbocycles. The molecule has 0 fully saturated rings. The molecular weight excluding hydrogens is 400 g/mol. The van der Waals surface area contributed by atoms with Crippen LogP contribution >= 0.6 is 0 Å². The van der Waals surface area contributed by atoms with Crippen LogP contribution in [0.1, 0.15) is 29.7 Å². The predicted octanol–water partition coefficient (Wildman–Crippen LogP) is 7.67. The van der Waals surface area contributed by atoms with Crippen molar-refractivity contribution in [1.82, 2.24) is 9.13 Å². The third-order valence-corrected chi connectivity index (χ3v) is 7.37. The second-order valence-corrected chi connectivity index (χ2v) is 9.25. The molecule has 2 heteroatoms. The number of benzene rings is 4. The Kier molecular flexibility index (Phi) is 4.20. The minimum atomic E-state index is 0.934. The summed E-state index contributed by atoms with van der Waals surface area (Å²) >= 11 is 0. The number of aryl methyl sites for hydroxylation is 1. The lowest BCUT2D eigenvalue weighted by molar-refractivity contribution is 0.638. The van der Waals surface area contributed by atoms with E-state index in [9.17, 15) is 0 Å². The molecule has 0 saturated carbocycles. The fourth-order valence-electron chi connectivity index (χ4n) is 5.96. The topological polar surface area (TPSA) is 9.86 Å². The smallest absolute Gasteiger partial charge is 0.0637 e. The van der Waals surface area contributed by atoms with Gasteiger partial charge in [-0.15, -0.1) is 0 Å². The van der Waals surface area contributed by atoms with Gasteiger partial charge in [0.2, 0.25) is 0 Å². The summed E-state index contributed by atoms with van der Waals surface area (Å²) in [6, 6.07) is 35.4. The number of hydrogen-bond acceptors (Lipinski definition) is 0. The van der Waals surface area contributed by atoms with Crippen molar-refractivity contribution in [3.05, 3.63) is 114 Å². The summed E-state index contributed by atoms with van der Waals surface area (Å²) in [6.45, 7) is 0.934. The van der Waals surface area contributed by atoms with Crippen molar-refractivity contribution in [2.75, 3.05) is 0 Å². The van der Waals surface area contributed by atoms with Gasteiger partial charge in [0, 0.05) is 34.1 Å². The van der Waals surface area contributed by atoms with E-state index in [1.165, 1.54) is 75.3 Å². The van der Waals surface area contributed by atoms with Crippen molar-refractivity contribution >= 4 is 32.7 Å². The first-order chi connectivity index (χ1) is 16.4. The minimum absolute atomic E-state index is 0.934. The first kappa shape index (κ1) is 18.8. The van der Waals surface area contributed by atoms with Gasteiger partial charge in [0.25, 0.3) is 0 Å². The Morgan fingerprint density at radius 2 is 1.33 bits per heavy atom. The molecule has 2 heterocycles. The van der Waals surface area contributed by atoms with E-state index in [1.54, 1.807) is 5.56 Å². The van der Waals surface area contributed by atoms with Crippen molar-refractivity contribution in [3.8, 4) is 5.69 Å². The molecule has 2 aromatic heterocycles. The van der Waals surface area contributed by atoms with Crippen LogP contribution in [0.15, 0.2) is 97.1 Å². The number of hydrogen-bond donors (Lipinski definition) is 0. The molecule has 6 aromatic rings. The Bertz CT molecular complexity index is 1620. The van der Waals surface area contributed by atoms with Crippen LogP contribution in [0.2, 0.25) is 0 Å². The summed E-state index contributed by atoms with van der Waals surface area (Å²) in [5.74, 6) is 0. The van der Waals surface area contributed by atoms with Gasteiger partial charge in [-0.3, -0.25) is 0 Å². The summed E-state index contributed by atoms with van der Waals surface area (Å²) in [7, 11) is 0. The number of aromatic nitrogens is 2. The summed E-state index contributed by atoms with van der Waals surface area (Å²) < 4.78 is 5.10. The Balaban J connectivity index is 1.63. The lowest BCUT2D eigenvalue weighted by Gasteiger charge is -2.16. The van der Waals surface area contributed by atoms with Crippen molar-refractivity contribution in [1.29, 1.82) is 0 Å². The van der Waals surface area contributed by atoms with Crippen molar-refractivity contribution in [3.63, 3.8) is 0 Å². The highest BCUT2D eigenvalue weighted by Gasteiger charge is 2.24. The van der Waals surface area contributed by atoms with Gasteiger partial charge >= 0.3 is 0 Å². The Labute approximate surface area is 193 Å². The number of fused-ring (bicyclic) bond motifs is 7. The first-order valence-electron chi connectivity index (χ1n) is 12.1. The molecule has 0 saturated heterocycles. The highest BCUT2D eigenvalue weighted by atomic mass is 15.0. The van der Waals surface area contributed by atoms with Crippen LogP contribution in [-0.4, -0.2) is 9.13 Å². The van der Waals surface area contributed by atoms with Gasteiger partial charge in [0.05, 0.1) is 16.6 Å². The largest absolute Gasteiger partial charge is 0.340 e. The second kappa shape index (κ2) is 7.38. The zero-order valence-corrected chi connectivity index (χ0v) is 18.7. The van der Waals surface area contributed by atoms with Crippen LogP contribution in [0.3, 0.4) is 0 Å². The average molecular weight is 427 g/mol. The SMILES string of the molecule is c1ccc(Cn2c3c(c4c2ccc2c5ccccc5n(-c5ccccc5)c24)CCCC3)cc1. The maximum Gasteiger partial charge on any atom is 0.0637 e. The zero-order valence-electron chi connectivity index (χ0n) is 18.7. The highest BCUT2D eigenvalue weighted by molar-refractivity contribution is 6.19. The van der Waals surface area contributed by atoms with Gasteiger partial charge in [0.1, 0.15) is 0 Å². The van der Waals surface area contributed by atoms with Crippen molar-refractivity contribution < 1.29 is 0 Å². The van der Waals surface area contributed by atoms with E-state index in [-0.39, 0.29) is 0 Å². The monoisotopic (exact) mass is 426 g/mol. The Morgan fingerprint density at radius 1 is 0.606 bits per heavy atom. The van der Waals surface area contributed by atoms with Crippen LogP contribution in [0, 0.1) is 0 Å². The molecule has 0 bridgehead atoms. The minimum Gasteiger partial charge on any atom is -0.340 e. The maximum absolute atomic E-state index is 2.60. The second-order valence-electron chi connectivity index (χ2n) is 9.25. The maximum atomic E-state index is 2.60. The molecule has 33 heavy (non-hydrogen) atoms. The molecule has 0 spiro atoms. The molecule has 0 radical (unpaired) electrons. The Hall–Kier alpha value is -3.78. The van der Waals surface area contributed by atoms with Crippen LogP contribution in [-0.2, 0) is 19.4 Å². The van der Waals surface area contributed by atoms with E-state index in [0.717, 1.165) is 6.54 Å². The predicted molar refractivity (Wildman–Crippen MR) is 138 cm³/mol. The molecule has 1 aliphatic rings. The molecule has 7 rings (SSSR count). The Morgan fingerprint density at radius 3 is 2.18 bits per heavy atom. The lowest BCUT2D eigenvalue weighted by Crippen LogP contribution is -2.09. The molecule has 0 unspecified atom stereocenters.